The molecule has 0 aliphatic heterocycles. The molecule has 0 bridgehead atoms. The highest BCUT2D eigenvalue weighted by atomic mass is 31.2. The summed E-state index contributed by atoms with van der Waals surface area (Å²) >= 11 is 0. The Kier molecular flexibility index (Phi) is 21.8. The van der Waals surface area contributed by atoms with Gasteiger partial charge in [-0.1, -0.05) is 0 Å². The lowest BCUT2D eigenvalue weighted by Gasteiger charge is -2.45. The summed E-state index contributed by atoms with van der Waals surface area (Å²) < 4.78 is 882. The predicted octanol–water partition coefficient (Wildman–Crippen LogP) is 20.9. The molecule has 0 spiro atoms. The molecule has 0 unspecified atom stereocenters. The van der Waals surface area contributed by atoms with Gasteiger partial charge < -0.3 is 0 Å². The summed E-state index contributed by atoms with van der Waals surface area (Å²) in [5.74, 6) is -251. The molecule has 0 aliphatic carbocycles. The molecule has 68 heteroatoms. The number of hydrogen-bond acceptors (Lipinski definition) is 4. The molecule has 4 nitrogen and oxygen atoms in total. The van der Waals surface area contributed by atoms with Crippen molar-refractivity contribution in [2.45, 2.75) is 179 Å². The normalized spacial score (nSPS) is 17.5. The molecule has 0 saturated carbocycles. The summed E-state index contributed by atoms with van der Waals surface area (Å²) in [7, 11) is -12.4. The summed E-state index contributed by atoms with van der Waals surface area (Å²) in [5, 5.41) is 0. The number of rotatable bonds is 30. The quantitative estimate of drug-likeness (QED) is 0.0531. The van der Waals surface area contributed by atoms with Crippen molar-refractivity contribution in [3.05, 3.63) is 0 Å². The van der Waals surface area contributed by atoms with Gasteiger partial charge in [0, 0.05) is 0 Å². The van der Waals surface area contributed by atoms with Crippen LogP contribution < -0.4 is 0 Å². The van der Waals surface area contributed by atoms with Crippen LogP contribution in [0.2, 0.25) is 0 Å². The fraction of sp³-hybridized carbons (Fsp3) is 1.00. The first-order valence-corrected chi connectivity index (χ1v) is 21.5. The second-order valence-electron chi connectivity index (χ2n) is 17.6. The lowest BCUT2D eigenvalue weighted by molar-refractivity contribution is -0.487. The smallest absolute Gasteiger partial charge is 0.227 e. The van der Waals surface area contributed by atoms with Crippen molar-refractivity contribution in [2.24, 2.45) is 0 Å². The van der Waals surface area contributed by atoms with Gasteiger partial charge in [0.2, 0.25) is 0 Å². The maximum atomic E-state index is 14.7. The van der Waals surface area contributed by atoms with E-state index in [2.05, 4.69) is 0 Å². The van der Waals surface area contributed by atoms with Gasteiger partial charge in [-0.25, -0.2) is 18.1 Å². The third-order valence-corrected chi connectivity index (χ3v) is 12.5. The lowest BCUT2D eigenvalue weighted by Crippen LogP contribution is -2.77. The first-order chi connectivity index (χ1) is 40.9. The minimum atomic E-state index is -12.4. The Morgan fingerprint density at radius 1 is 0.122 bits per heavy atom. The van der Waals surface area contributed by atoms with Crippen LogP contribution in [0.25, 0.3) is 0 Å². The van der Waals surface area contributed by atoms with Crippen LogP contribution in [0.15, 0.2) is 0 Å². The first-order valence-electron chi connectivity index (χ1n) is 20.0. The van der Waals surface area contributed by atoms with Crippen LogP contribution >= 0.6 is 7.82 Å². The molecule has 0 aromatic carbocycles. The maximum Gasteiger partial charge on any atom is 0.489 e. The Morgan fingerprint density at radius 3 is 0.276 bits per heavy atom. The van der Waals surface area contributed by atoms with Crippen molar-refractivity contribution >= 4 is 7.82 Å². The van der Waals surface area contributed by atoms with Gasteiger partial charge in [0.1, 0.15) is 0 Å². The van der Waals surface area contributed by atoms with E-state index < -0.39 is 187 Å². The van der Waals surface area contributed by atoms with E-state index in [1.165, 1.54) is 0 Å². The summed E-state index contributed by atoms with van der Waals surface area (Å²) in [6, 6.07) is 0. The van der Waals surface area contributed by atoms with Gasteiger partial charge in [-0.3, -0.25) is 0 Å². The van der Waals surface area contributed by atoms with Crippen molar-refractivity contribution in [3.63, 3.8) is 0 Å². The number of hydrogen-bond donors (Lipinski definition) is 0. The van der Waals surface area contributed by atoms with E-state index in [0.717, 1.165) is 0 Å². The molecule has 0 aromatic heterocycles. The van der Waals surface area contributed by atoms with E-state index >= 15 is 0 Å². The van der Waals surface area contributed by atoms with Gasteiger partial charge in [-0.05, 0) is 0 Å². The molecular formula is C30F63O4P. The summed E-state index contributed by atoms with van der Waals surface area (Å²) in [6.45, 7) is 0. The molecule has 0 saturated heterocycles. The fourth-order valence-electron chi connectivity index (χ4n) is 5.28. The molecular weight excluding hydrogens is 1650 g/mol. The monoisotopic (exact) mass is 1650 g/mol. The molecule has 0 fully saturated rings. The predicted molar refractivity (Wildman–Crippen MR) is 163 cm³/mol. The maximum absolute atomic E-state index is 14.7. The molecule has 590 valence electrons. The Balaban J connectivity index is 9.48. The van der Waals surface area contributed by atoms with Crippen LogP contribution in [0.5, 0.6) is 0 Å². The highest BCUT2D eigenvalue weighted by Gasteiger charge is 3.03. The van der Waals surface area contributed by atoms with Gasteiger partial charge in [-0.2, -0.15) is 277 Å². The Bertz CT molecular complexity index is 2600. The van der Waals surface area contributed by atoms with Gasteiger partial charge in [0.25, 0.3) is 0 Å². The van der Waals surface area contributed by atoms with Crippen LogP contribution in [0.4, 0.5) is 277 Å². The molecule has 0 amide bonds. The molecule has 0 atom stereocenters. The zero-order valence-electron chi connectivity index (χ0n) is 40.9. The number of phosphoric acid groups is 1. The molecule has 0 radical (unpaired) electrons. The third kappa shape index (κ3) is 11.4. The summed E-state index contributed by atoms with van der Waals surface area (Å²) in [4.78, 5) is 0. The zero-order chi connectivity index (χ0) is 81.6. The van der Waals surface area contributed by atoms with E-state index in [4.69, 9.17) is 0 Å². The number of halogens is 63. The van der Waals surface area contributed by atoms with E-state index in [1.54, 1.807) is 0 Å². The minimum absolute atomic E-state index is 0.329. The standard InChI is InChI=1S/C30F63O4P/c31-1(32,7(43,44)13(55,56)19(67,68)25(79,80)81)4(37,38)10(49,50)16(61,62)22(73,74)28(88,89)95-98(94,96-29(90,91)23(75,76)17(63,64)11(51,52)5(39,40)2(33,34)8(45,46)14(57,58)20(69,70)26(82,83)84)97-30(92,93)24(77,78)18(65,66)12(53,54)6(41,42)3(35,36)9(47,48)15(59,60)21(71,72)27(85,86)87. The Labute approximate surface area is 483 Å². The van der Waals surface area contributed by atoms with Crippen LogP contribution in [0, 0.1) is 0 Å². The van der Waals surface area contributed by atoms with Crippen molar-refractivity contribution in [3.8, 4) is 0 Å². The van der Waals surface area contributed by atoms with E-state index in [1.807, 2.05) is 0 Å². The highest BCUT2D eigenvalue weighted by molar-refractivity contribution is 7.48. The second kappa shape index (κ2) is 22.8. The Morgan fingerprint density at radius 2 is 0.194 bits per heavy atom. The van der Waals surface area contributed by atoms with Crippen molar-refractivity contribution in [1.29, 1.82) is 0 Å². The van der Waals surface area contributed by atoms with Crippen molar-refractivity contribution in [1.82, 2.24) is 0 Å². The van der Waals surface area contributed by atoms with Crippen molar-refractivity contribution < 1.29 is 295 Å². The van der Waals surface area contributed by atoms with Gasteiger partial charge in [-0.15, -0.1) is 0 Å². The molecule has 0 N–H and O–H groups in total. The van der Waals surface area contributed by atoms with Gasteiger partial charge in [0.15, 0.2) is 0 Å². The average Bonchev–Trinajstić information content (AvgIpc) is 0.696. The first kappa shape index (κ1) is 93.7. The second-order valence-corrected chi connectivity index (χ2v) is 19.0. The summed E-state index contributed by atoms with van der Waals surface area (Å²) in [5.41, 5.74) is 0. The average molecular weight is 1650 g/mol. The highest BCUT2D eigenvalue weighted by Crippen LogP contribution is 2.75. The lowest BCUT2D eigenvalue weighted by atomic mass is 9.87. The largest absolute Gasteiger partial charge is 0.489 e. The number of phosphoric ester groups is 1. The molecule has 98 heavy (non-hydrogen) atoms. The third-order valence-electron chi connectivity index (χ3n) is 11.1. The van der Waals surface area contributed by atoms with Crippen LogP contribution in [0.1, 0.15) is 0 Å². The van der Waals surface area contributed by atoms with Crippen LogP contribution in [-0.4, -0.2) is 179 Å². The molecule has 0 heterocycles. The van der Waals surface area contributed by atoms with E-state index in [-0.39, 0.29) is 0 Å². The Hall–Kier alpha value is -4.30. The SMILES string of the molecule is O=P(OC(F)(F)C(F)(F)C(F)(F)C(F)(F)C(F)(F)C(F)(F)C(F)(F)C(F)(F)C(F)(F)C(F)(F)F)(OC(F)(F)C(F)(F)C(F)(F)C(F)(F)C(F)(F)C(F)(F)C(F)(F)C(F)(F)C(F)(F)C(F)(F)F)OC(F)(F)C(F)(F)C(F)(F)C(F)(F)C(F)(F)C(F)(F)C(F)(F)C(F)(F)C(F)(F)C(F)(F)F. The molecule has 0 aromatic rings. The molecule has 0 aliphatic rings. The van der Waals surface area contributed by atoms with Crippen molar-refractivity contribution in [2.75, 3.05) is 0 Å². The minimum Gasteiger partial charge on any atom is -0.227 e. The molecule has 0 rings (SSSR count). The van der Waals surface area contributed by atoms with Gasteiger partial charge in [0.05, 0.1) is 0 Å². The fourth-order valence-corrected chi connectivity index (χ4v) is 6.58. The summed E-state index contributed by atoms with van der Waals surface area (Å²) in [6.07, 6.45) is -58.6. The zero-order valence-corrected chi connectivity index (χ0v) is 41.8. The van der Waals surface area contributed by atoms with E-state index in [9.17, 15) is 281 Å². The van der Waals surface area contributed by atoms with Crippen LogP contribution in [0.3, 0.4) is 0 Å². The van der Waals surface area contributed by atoms with Crippen LogP contribution in [-0.2, 0) is 18.1 Å². The van der Waals surface area contributed by atoms with E-state index in [0.29, 0.717) is 13.6 Å². The topological polar surface area (TPSA) is 44.8 Å². The number of alkyl halides is 63. The van der Waals surface area contributed by atoms with Gasteiger partial charge >= 0.3 is 187 Å².